The number of nitrogens with zero attached hydrogens (tertiary/aromatic N) is 1. The van der Waals surface area contributed by atoms with E-state index in [9.17, 15) is 13.2 Å². The van der Waals surface area contributed by atoms with Gasteiger partial charge in [0, 0.05) is 19.5 Å². The lowest BCUT2D eigenvalue weighted by Gasteiger charge is -2.26. The first-order chi connectivity index (χ1) is 10.8. The Kier molecular flexibility index (Phi) is 5.47. The highest BCUT2D eigenvalue weighted by molar-refractivity contribution is 7.90. The number of carbonyl (C=O) groups excluding carboxylic acids is 1. The molecule has 6 heteroatoms. The summed E-state index contributed by atoms with van der Waals surface area (Å²) >= 11 is 0. The van der Waals surface area contributed by atoms with Crippen molar-refractivity contribution in [3.05, 3.63) is 35.9 Å². The summed E-state index contributed by atoms with van der Waals surface area (Å²) < 4.78 is 26.0. The van der Waals surface area contributed by atoms with E-state index in [0.717, 1.165) is 6.42 Å². The fourth-order valence-corrected chi connectivity index (χ4v) is 4.11. The Bertz CT molecular complexity index is 641. The van der Waals surface area contributed by atoms with Crippen LogP contribution in [0.2, 0.25) is 0 Å². The van der Waals surface area contributed by atoms with Gasteiger partial charge in [-0.2, -0.15) is 0 Å². The molecule has 1 saturated heterocycles. The second-order valence-electron chi connectivity index (χ2n) is 6.75. The molecule has 0 spiro atoms. The van der Waals surface area contributed by atoms with Gasteiger partial charge in [0.1, 0.15) is 0 Å². The molecule has 1 aliphatic rings. The second-order valence-corrected chi connectivity index (χ2v) is 8.91. The number of nitrogens with one attached hydrogen (secondary N) is 1. The molecule has 1 aliphatic heterocycles. The minimum absolute atomic E-state index is 0.0443. The van der Waals surface area contributed by atoms with Gasteiger partial charge in [0.25, 0.3) is 0 Å². The van der Waals surface area contributed by atoms with Crippen LogP contribution in [0.5, 0.6) is 0 Å². The number of amides is 1. The molecule has 128 valence electrons. The summed E-state index contributed by atoms with van der Waals surface area (Å²) in [5.74, 6) is 0.0443. The minimum Gasteiger partial charge on any atom is -0.341 e. The van der Waals surface area contributed by atoms with Crippen LogP contribution in [0.15, 0.2) is 30.3 Å². The van der Waals surface area contributed by atoms with E-state index < -0.39 is 15.3 Å². The summed E-state index contributed by atoms with van der Waals surface area (Å²) in [5, 5.41) is -0.487. The smallest absolute Gasteiger partial charge is 0.222 e. The molecular weight excluding hydrogens is 312 g/mol. The first kappa shape index (κ1) is 17.9. The summed E-state index contributed by atoms with van der Waals surface area (Å²) in [6.07, 6.45) is 1.70. The minimum atomic E-state index is -3.29. The molecule has 1 unspecified atom stereocenters. The lowest BCUT2D eigenvalue weighted by atomic mass is 9.80. The third-order valence-corrected chi connectivity index (χ3v) is 6.57. The van der Waals surface area contributed by atoms with Crippen LogP contribution in [0.4, 0.5) is 0 Å². The zero-order chi connectivity index (χ0) is 17.1. The van der Waals surface area contributed by atoms with Crippen molar-refractivity contribution in [3.8, 4) is 0 Å². The van der Waals surface area contributed by atoms with Crippen molar-refractivity contribution in [1.29, 1.82) is 0 Å². The molecule has 1 amide bonds. The first-order valence-electron chi connectivity index (χ1n) is 8.02. The van der Waals surface area contributed by atoms with Gasteiger partial charge in [0.15, 0.2) is 0 Å². The van der Waals surface area contributed by atoms with E-state index in [0.29, 0.717) is 25.9 Å². The number of hydrogen-bond acceptors (Lipinski definition) is 3. The zero-order valence-electron chi connectivity index (χ0n) is 14.1. The normalized spacial score (nSPS) is 19.1. The van der Waals surface area contributed by atoms with Crippen LogP contribution in [0.1, 0.15) is 38.7 Å². The summed E-state index contributed by atoms with van der Waals surface area (Å²) in [5.41, 5.74) is 1.14. The molecule has 1 atom stereocenters. The molecule has 1 heterocycles. The highest BCUT2D eigenvalue weighted by atomic mass is 32.2. The number of hydrogen-bond donors (Lipinski definition) is 1. The molecule has 23 heavy (non-hydrogen) atoms. The lowest BCUT2D eigenvalue weighted by molar-refractivity contribution is -0.130. The first-order valence-corrected chi connectivity index (χ1v) is 9.56. The Hall–Kier alpha value is -1.40. The third kappa shape index (κ3) is 4.32. The predicted octanol–water partition coefficient (Wildman–Crippen LogP) is 1.89. The monoisotopic (exact) mass is 338 g/mol. The van der Waals surface area contributed by atoms with Crippen molar-refractivity contribution in [2.45, 2.75) is 43.8 Å². The van der Waals surface area contributed by atoms with E-state index in [-0.39, 0.29) is 11.3 Å². The summed E-state index contributed by atoms with van der Waals surface area (Å²) in [6, 6.07) is 10.2. The summed E-state index contributed by atoms with van der Waals surface area (Å²) in [4.78, 5) is 14.1. The fraction of sp³-hybridized carbons (Fsp3) is 0.588. The van der Waals surface area contributed by atoms with Crippen molar-refractivity contribution in [2.75, 3.05) is 20.1 Å². The Balaban J connectivity index is 1.91. The van der Waals surface area contributed by atoms with Gasteiger partial charge in [0.2, 0.25) is 15.9 Å². The maximum atomic E-state index is 12.4. The Morgan fingerprint density at radius 3 is 2.57 bits per heavy atom. The molecule has 1 N–H and O–H groups in total. The number of likely N-dealkylation sites (tertiary alicyclic amines) is 1. The van der Waals surface area contributed by atoms with E-state index in [1.807, 2.05) is 18.2 Å². The molecule has 1 aromatic carbocycles. The van der Waals surface area contributed by atoms with Crippen LogP contribution in [0.25, 0.3) is 0 Å². The van der Waals surface area contributed by atoms with Crippen molar-refractivity contribution in [2.24, 2.45) is 0 Å². The second kappa shape index (κ2) is 7.01. The van der Waals surface area contributed by atoms with E-state index in [1.165, 1.54) is 12.6 Å². The Labute approximate surface area is 139 Å². The fourth-order valence-electron chi connectivity index (χ4n) is 2.99. The van der Waals surface area contributed by atoms with Gasteiger partial charge in [0.05, 0.1) is 5.25 Å². The molecule has 5 nitrogen and oxygen atoms in total. The van der Waals surface area contributed by atoms with Gasteiger partial charge >= 0.3 is 0 Å². The average molecular weight is 338 g/mol. The summed E-state index contributed by atoms with van der Waals surface area (Å²) in [6.45, 7) is 5.09. The van der Waals surface area contributed by atoms with Gasteiger partial charge in [-0.1, -0.05) is 44.2 Å². The van der Waals surface area contributed by atoms with Crippen molar-refractivity contribution in [1.82, 2.24) is 9.62 Å². The molecule has 1 aromatic rings. The predicted molar refractivity (Wildman–Crippen MR) is 91.7 cm³/mol. The zero-order valence-corrected chi connectivity index (χ0v) is 14.9. The maximum absolute atomic E-state index is 12.4. The third-order valence-electron chi connectivity index (χ3n) is 4.74. The average Bonchev–Trinajstić information content (AvgIpc) is 3.04. The summed E-state index contributed by atoms with van der Waals surface area (Å²) in [7, 11) is -1.88. The highest BCUT2D eigenvalue weighted by Crippen LogP contribution is 2.29. The molecule has 0 aromatic heterocycles. The van der Waals surface area contributed by atoms with Gasteiger partial charge < -0.3 is 4.90 Å². The van der Waals surface area contributed by atoms with E-state index >= 15 is 0 Å². The van der Waals surface area contributed by atoms with Crippen molar-refractivity contribution >= 4 is 15.9 Å². The van der Waals surface area contributed by atoms with Crippen molar-refractivity contribution < 1.29 is 13.2 Å². The number of carbonyl (C=O) groups is 1. The SMILES string of the molecule is CNS(=O)(=O)C1CCN(C(=O)CCC(C)(C)c2ccccc2)C1. The van der Waals surface area contributed by atoms with E-state index in [2.05, 4.69) is 30.7 Å². The van der Waals surface area contributed by atoms with Crippen LogP contribution in [0, 0.1) is 0 Å². The number of sulfonamides is 1. The topological polar surface area (TPSA) is 66.5 Å². The van der Waals surface area contributed by atoms with Crippen LogP contribution in [-0.4, -0.2) is 44.6 Å². The highest BCUT2D eigenvalue weighted by Gasteiger charge is 2.34. The van der Waals surface area contributed by atoms with Crippen LogP contribution in [0.3, 0.4) is 0 Å². The molecule has 0 aliphatic carbocycles. The van der Waals surface area contributed by atoms with E-state index in [4.69, 9.17) is 0 Å². The largest absolute Gasteiger partial charge is 0.341 e. The maximum Gasteiger partial charge on any atom is 0.222 e. The van der Waals surface area contributed by atoms with Crippen LogP contribution in [-0.2, 0) is 20.2 Å². The molecule has 0 bridgehead atoms. The Morgan fingerprint density at radius 1 is 1.30 bits per heavy atom. The van der Waals surface area contributed by atoms with Crippen molar-refractivity contribution in [3.63, 3.8) is 0 Å². The van der Waals surface area contributed by atoms with Gasteiger partial charge in [-0.15, -0.1) is 0 Å². The van der Waals surface area contributed by atoms with Gasteiger partial charge in [-0.05, 0) is 30.9 Å². The van der Waals surface area contributed by atoms with E-state index in [1.54, 1.807) is 4.90 Å². The molecule has 0 saturated carbocycles. The van der Waals surface area contributed by atoms with Gasteiger partial charge in [-0.3, -0.25) is 4.79 Å². The quantitative estimate of drug-likeness (QED) is 0.861. The molecular formula is C17H26N2O3S. The van der Waals surface area contributed by atoms with Crippen LogP contribution < -0.4 is 4.72 Å². The Morgan fingerprint density at radius 2 is 1.96 bits per heavy atom. The molecule has 0 radical (unpaired) electrons. The van der Waals surface area contributed by atoms with Gasteiger partial charge in [-0.25, -0.2) is 13.1 Å². The number of rotatable bonds is 6. The molecule has 1 fully saturated rings. The van der Waals surface area contributed by atoms with Crippen LogP contribution >= 0.6 is 0 Å². The lowest BCUT2D eigenvalue weighted by Crippen LogP contribution is -2.36. The standard InChI is InChI=1S/C17H26N2O3S/c1-17(2,14-7-5-4-6-8-14)11-9-16(20)19-12-10-15(13-19)23(21,22)18-3/h4-8,15,18H,9-13H2,1-3H3. The number of benzene rings is 1. The molecule has 2 rings (SSSR count).